The standard InChI is InChI=1S/C64H115NO18/c1-3-5-7-9-11-13-15-16-17-18-19-20-21-22-23-24-25-26-27-28-29-30-32-34-36-38-40-42-52(70)65-47(48(69)41-39-37-35-33-31-14-12-10-8-6-4-2)46-78-62-58(76)55(73)60(50(44-67)80-62)83-64-59(77)56(74)61(51(45-68)81-64)82-63-57(75)54(72)53(71)49(43-66)79-63/h15-16,18-19,21-22,39,41,47-51,53-64,66-69,71-77H,3-14,17,20,23-38,40,42-46H2,1-2H3,(H,65,70)/b16-15-,19-18-,22-21-,41-39+. The van der Waals surface area contributed by atoms with Gasteiger partial charge >= 0.3 is 0 Å². The van der Waals surface area contributed by atoms with Gasteiger partial charge in [0, 0.05) is 6.42 Å². The van der Waals surface area contributed by atoms with Crippen LogP contribution < -0.4 is 5.32 Å². The monoisotopic (exact) mass is 1190 g/mol. The number of hydrogen-bond acceptors (Lipinski definition) is 18. The van der Waals surface area contributed by atoms with Gasteiger partial charge in [0.25, 0.3) is 0 Å². The maximum atomic E-state index is 13.3. The van der Waals surface area contributed by atoms with Crippen LogP contribution in [0.15, 0.2) is 48.6 Å². The highest BCUT2D eigenvalue weighted by molar-refractivity contribution is 5.76. The van der Waals surface area contributed by atoms with Gasteiger partial charge in [0.1, 0.15) is 73.2 Å². The van der Waals surface area contributed by atoms with E-state index < -0.39 is 124 Å². The van der Waals surface area contributed by atoms with Crippen molar-refractivity contribution in [1.82, 2.24) is 5.32 Å². The smallest absolute Gasteiger partial charge is 0.220 e. The summed E-state index contributed by atoms with van der Waals surface area (Å²) in [4.78, 5) is 13.3. The summed E-state index contributed by atoms with van der Waals surface area (Å²) in [6.07, 6.45) is 26.7. The van der Waals surface area contributed by atoms with Crippen molar-refractivity contribution < 1.29 is 89.4 Å². The Morgan fingerprint density at radius 2 is 0.795 bits per heavy atom. The molecule has 19 nitrogen and oxygen atoms in total. The van der Waals surface area contributed by atoms with Gasteiger partial charge in [-0.15, -0.1) is 0 Å². The van der Waals surface area contributed by atoms with Crippen LogP contribution in [0.25, 0.3) is 0 Å². The average molecular weight is 1190 g/mol. The maximum absolute atomic E-state index is 13.3. The number of hydrogen-bond donors (Lipinski definition) is 12. The fraction of sp³-hybridized carbons (Fsp3) is 0.859. The molecule has 0 spiro atoms. The Hall–Kier alpha value is -2.25. The second-order valence-electron chi connectivity index (χ2n) is 23.2. The van der Waals surface area contributed by atoms with Gasteiger partial charge in [0.2, 0.25) is 5.91 Å². The van der Waals surface area contributed by atoms with E-state index in [1.54, 1.807) is 6.08 Å². The number of rotatable bonds is 48. The van der Waals surface area contributed by atoms with Crippen molar-refractivity contribution in [2.24, 2.45) is 0 Å². The lowest BCUT2D eigenvalue weighted by Gasteiger charge is -2.48. The minimum Gasteiger partial charge on any atom is -0.394 e. The van der Waals surface area contributed by atoms with Crippen molar-refractivity contribution in [2.45, 2.75) is 324 Å². The first kappa shape index (κ1) is 75.0. The molecule has 3 heterocycles. The van der Waals surface area contributed by atoms with E-state index in [0.717, 1.165) is 64.2 Å². The van der Waals surface area contributed by atoms with Crippen molar-refractivity contribution in [3.63, 3.8) is 0 Å². The molecule has 0 bridgehead atoms. The lowest BCUT2D eigenvalue weighted by atomic mass is 9.96. The molecule has 17 unspecified atom stereocenters. The van der Waals surface area contributed by atoms with Crippen LogP contribution in [0.3, 0.4) is 0 Å². The number of nitrogens with one attached hydrogen (secondary N) is 1. The Balaban J connectivity index is 1.41. The lowest BCUT2D eigenvalue weighted by molar-refractivity contribution is -0.379. The molecule has 3 aliphatic rings. The molecule has 0 aliphatic carbocycles. The van der Waals surface area contributed by atoms with Crippen LogP contribution in [0.5, 0.6) is 0 Å². The topological polar surface area (TPSA) is 307 Å². The number of amides is 1. The summed E-state index contributed by atoms with van der Waals surface area (Å²) in [7, 11) is 0. The molecule has 17 atom stereocenters. The normalized spacial score (nSPS) is 29.7. The van der Waals surface area contributed by atoms with E-state index in [1.165, 1.54) is 128 Å². The molecular formula is C64H115NO18. The summed E-state index contributed by atoms with van der Waals surface area (Å²) in [5.74, 6) is -0.280. The van der Waals surface area contributed by atoms with Gasteiger partial charge < -0.3 is 89.9 Å². The molecule has 19 heteroatoms. The highest BCUT2D eigenvalue weighted by atomic mass is 16.8. The van der Waals surface area contributed by atoms with Crippen LogP contribution in [0.2, 0.25) is 0 Å². The van der Waals surface area contributed by atoms with E-state index >= 15 is 0 Å². The first-order valence-electron chi connectivity index (χ1n) is 32.4. The lowest BCUT2D eigenvalue weighted by Crippen LogP contribution is -2.66. The van der Waals surface area contributed by atoms with E-state index in [0.29, 0.717) is 6.42 Å². The van der Waals surface area contributed by atoms with Gasteiger partial charge in [-0.2, -0.15) is 0 Å². The van der Waals surface area contributed by atoms with Crippen LogP contribution in [0, 0.1) is 0 Å². The van der Waals surface area contributed by atoms with Gasteiger partial charge in [0.05, 0.1) is 38.6 Å². The van der Waals surface area contributed by atoms with Gasteiger partial charge in [-0.25, -0.2) is 0 Å². The highest BCUT2D eigenvalue weighted by Gasteiger charge is 2.53. The number of allylic oxidation sites excluding steroid dienone is 7. The molecule has 3 saturated heterocycles. The molecule has 0 saturated carbocycles. The van der Waals surface area contributed by atoms with E-state index in [2.05, 4.69) is 55.6 Å². The van der Waals surface area contributed by atoms with E-state index in [9.17, 15) is 61.0 Å². The first-order chi connectivity index (χ1) is 40.3. The fourth-order valence-electron chi connectivity index (χ4n) is 10.8. The van der Waals surface area contributed by atoms with Crippen molar-refractivity contribution in [1.29, 1.82) is 0 Å². The third kappa shape index (κ3) is 30.0. The van der Waals surface area contributed by atoms with Gasteiger partial charge in [-0.1, -0.05) is 204 Å². The van der Waals surface area contributed by atoms with Gasteiger partial charge in [-0.05, 0) is 57.8 Å². The molecule has 0 aromatic heterocycles. The zero-order valence-electron chi connectivity index (χ0n) is 50.7. The predicted octanol–water partition coefficient (Wildman–Crippen LogP) is 7.04. The third-order valence-corrected chi connectivity index (χ3v) is 16.1. The van der Waals surface area contributed by atoms with Crippen LogP contribution >= 0.6 is 0 Å². The minimum atomic E-state index is -1.98. The largest absolute Gasteiger partial charge is 0.394 e. The number of ether oxygens (including phenoxy) is 6. The predicted molar refractivity (Wildman–Crippen MR) is 319 cm³/mol. The van der Waals surface area contributed by atoms with Crippen molar-refractivity contribution in [3.8, 4) is 0 Å². The third-order valence-electron chi connectivity index (χ3n) is 16.1. The second kappa shape index (κ2) is 46.8. The van der Waals surface area contributed by atoms with Crippen LogP contribution in [-0.4, -0.2) is 193 Å². The number of carbonyl (C=O) groups is 1. The Bertz CT molecular complexity index is 1700. The van der Waals surface area contributed by atoms with E-state index in [1.807, 2.05) is 6.08 Å². The molecule has 0 aromatic carbocycles. The molecule has 3 aliphatic heterocycles. The number of aliphatic hydroxyl groups excluding tert-OH is 11. The Labute approximate surface area is 497 Å². The zero-order valence-corrected chi connectivity index (χ0v) is 50.7. The summed E-state index contributed by atoms with van der Waals surface area (Å²) in [5, 5.41) is 120. The summed E-state index contributed by atoms with van der Waals surface area (Å²) < 4.78 is 34.2. The molecule has 3 fully saturated rings. The quantitative estimate of drug-likeness (QED) is 0.0215. The van der Waals surface area contributed by atoms with E-state index in [4.69, 9.17) is 28.4 Å². The molecule has 3 rings (SSSR count). The summed E-state index contributed by atoms with van der Waals surface area (Å²) in [6, 6.07) is -0.973. The number of unbranched alkanes of at least 4 members (excludes halogenated alkanes) is 26. The molecule has 0 aromatic rings. The van der Waals surface area contributed by atoms with Gasteiger partial charge in [0.15, 0.2) is 18.9 Å². The molecule has 1 amide bonds. The van der Waals surface area contributed by atoms with Crippen LogP contribution in [0.4, 0.5) is 0 Å². The van der Waals surface area contributed by atoms with Crippen molar-refractivity contribution in [2.75, 3.05) is 26.4 Å². The SMILES string of the molecule is CCCCCCC/C=C\C/C=C\C/C=C\CCCCCCCCCCCCCCC(=O)NC(COC1OC(CO)C(OC2OC(CO)C(OC3OC(CO)C(O)C(O)C3O)C(O)C2O)C(O)C1O)C(O)/C=C/CCCCCCCCCCC. The fourth-order valence-corrected chi connectivity index (χ4v) is 10.8. The van der Waals surface area contributed by atoms with Crippen molar-refractivity contribution >= 4 is 5.91 Å². The first-order valence-corrected chi connectivity index (χ1v) is 32.4. The second-order valence-corrected chi connectivity index (χ2v) is 23.2. The van der Waals surface area contributed by atoms with Crippen molar-refractivity contribution in [3.05, 3.63) is 48.6 Å². The van der Waals surface area contributed by atoms with Crippen LogP contribution in [-0.2, 0) is 33.2 Å². The molecule has 484 valence electrons. The molecule has 83 heavy (non-hydrogen) atoms. The molecule has 0 radical (unpaired) electrons. The van der Waals surface area contributed by atoms with E-state index in [-0.39, 0.29) is 18.9 Å². The number of carbonyl (C=O) groups excluding carboxylic acids is 1. The summed E-state index contributed by atoms with van der Waals surface area (Å²) in [6.45, 7) is 1.69. The molecule has 12 N–H and O–H groups in total. The maximum Gasteiger partial charge on any atom is 0.220 e. The average Bonchev–Trinajstić information content (AvgIpc) is 3.62. The molecular weight excluding hydrogens is 1070 g/mol. The van der Waals surface area contributed by atoms with Gasteiger partial charge in [-0.3, -0.25) is 4.79 Å². The zero-order chi connectivity index (χ0) is 60.5. The Morgan fingerprint density at radius 3 is 1.24 bits per heavy atom. The number of aliphatic hydroxyl groups is 11. The van der Waals surface area contributed by atoms with Crippen LogP contribution in [0.1, 0.15) is 219 Å². The minimum absolute atomic E-state index is 0.240. The Kier molecular flexibility index (Phi) is 42.3. The summed E-state index contributed by atoms with van der Waals surface area (Å²) >= 11 is 0. The highest BCUT2D eigenvalue weighted by Crippen LogP contribution is 2.33. The Morgan fingerprint density at radius 1 is 0.434 bits per heavy atom. The summed E-state index contributed by atoms with van der Waals surface area (Å²) in [5.41, 5.74) is 0.